The summed E-state index contributed by atoms with van der Waals surface area (Å²) in [7, 11) is 1.71. The average Bonchev–Trinajstić information content (AvgIpc) is 2.82. The number of benzene rings is 1. The Balaban J connectivity index is 1.87. The molecule has 0 aliphatic carbocycles. The molecule has 18 heavy (non-hydrogen) atoms. The van der Waals surface area contributed by atoms with Crippen molar-refractivity contribution in [3.8, 4) is 11.3 Å². The lowest BCUT2D eigenvalue weighted by atomic mass is 10.1. The van der Waals surface area contributed by atoms with Crippen molar-refractivity contribution in [2.75, 3.05) is 25.6 Å². The fraction of sp³-hybridized carbons (Fsp3) is 0.308. The van der Waals surface area contributed by atoms with Gasteiger partial charge in [-0.3, -0.25) is 0 Å². The second-order valence-corrected chi connectivity index (χ2v) is 6.10. The van der Waals surface area contributed by atoms with E-state index in [-0.39, 0.29) is 0 Å². The van der Waals surface area contributed by atoms with Crippen molar-refractivity contribution in [3.63, 3.8) is 0 Å². The highest BCUT2D eigenvalue weighted by atomic mass is 32.2. The second kappa shape index (κ2) is 5.30. The monoisotopic (exact) mass is 278 g/mol. The fourth-order valence-electron chi connectivity index (χ4n) is 1.93. The van der Waals surface area contributed by atoms with Crippen molar-refractivity contribution in [1.82, 2.24) is 4.98 Å². The van der Waals surface area contributed by atoms with Gasteiger partial charge in [-0.05, 0) is 6.07 Å². The summed E-state index contributed by atoms with van der Waals surface area (Å²) in [5.41, 5.74) is 2.41. The number of fused-ring (bicyclic) bond motifs is 3. The molecule has 0 radical (unpaired) electrons. The van der Waals surface area contributed by atoms with Gasteiger partial charge in [0.25, 0.3) is 0 Å². The molecule has 1 aliphatic rings. The molecule has 0 saturated carbocycles. The number of rotatable bonds is 4. The van der Waals surface area contributed by atoms with Crippen molar-refractivity contribution < 1.29 is 4.74 Å². The van der Waals surface area contributed by atoms with Crippen LogP contribution in [0.15, 0.2) is 29.2 Å². The summed E-state index contributed by atoms with van der Waals surface area (Å²) in [6, 6.07) is 8.48. The quantitative estimate of drug-likeness (QED) is 0.868. The van der Waals surface area contributed by atoms with E-state index >= 15 is 0 Å². The molecular weight excluding hydrogens is 264 g/mol. The molecule has 0 bridgehead atoms. The van der Waals surface area contributed by atoms with Crippen molar-refractivity contribution in [1.29, 1.82) is 0 Å². The SMILES string of the molecule is COCCNc1nc2c(s1)CSc1ccccc1-2. The van der Waals surface area contributed by atoms with Crippen LogP contribution in [0.25, 0.3) is 11.3 Å². The van der Waals surface area contributed by atoms with Gasteiger partial charge in [-0.1, -0.05) is 18.2 Å². The van der Waals surface area contributed by atoms with Gasteiger partial charge in [-0.15, -0.1) is 23.1 Å². The molecule has 2 aromatic rings. The van der Waals surface area contributed by atoms with Gasteiger partial charge >= 0.3 is 0 Å². The number of nitrogens with one attached hydrogen (secondary N) is 1. The Kier molecular flexibility index (Phi) is 3.54. The zero-order valence-corrected chi connectivity index (χ0v) is 11.7. The number of hydrogen-bond donors (Lipinski definition) is 1. The van der Waals surface area contributed by atoms with Gasteiger partial charge in [0.05, 0.1) is 12.3 Å². The van der Waals surface area contributed by atoms with Gasteiger partial charge in [0.2, 0.25) is 0 Å². The molecule has 5 heteroatoms. The van der Waals surface area contributed by atoms with E-state index in [0.717, 1.165) is 23.1 Å². The topological polar surface area (TPSA) is 34.1 Å². The van der Waals surface area contributed by atoms with E-state index in [2.05, 4.69) is 29.6 Å². The molecule has 0 fully saturated rings. The largest absolute Gasteiger partial charge is 0.383 e. The summed E-state index contributed by atoms with van der Waals surface area (Å²) in [5.74, 6) is 1.02. The predicted molar refractivity (Wildman–Crippen MR) is 77.5 cm³/mol. The predicted octanol–water partition coefficient (Wildman–Crippen LogP) is 3.47. The Morgan fingerprint density at radius 3 is 3.17 bits per heavy atom. The minimum Gasteiger partial charge on any atom is -0.383 e. The Morgan fingerprint density at radius 1 is 1.39 bits per heavy atom. The first-order valence-corrected chi connectivity index (χ1v) is 7.63. The summed E-state index contributed by atoms with van der Waals surface area (Å²) >= 11 is 3.64. The lowest BCUT2D eigenvalue weighted by Crippen LogP contribution is -2.07. The standard InChI is InChI=1S/C13H14N2OS2/c1-16-7-6-14-13-15-12-9-4-2-3-5-10(9)17-8-11(12)18-13/h2-5H,6-8H2,1H3,(H,14,15). The van der Waals surface area contributed by atoms with Crippen LogP contribution >= 0.6 is 23.1 Å². The molecule has 0 saturated heterocycles. The first-order valence-electron chi connectivity index (χ1n) is 5.83. The van der Waals surface area contributed by atoms with E-state index in [4.69, 9.17) is 9.72 Å². The Bertz CT molecular complexity index is 554. The lowest BCUT2D eigenvalue weighted by Gasteiger charge is -2.13. The highest BCUT2D eigenvalue weighted by Crippen LogP contribution is 2.44. The van der Waals surface area contributed by atoms with Crippen LogP contribution < -0.4 is 5.32 Å². The Labute approximate surface area is 115 Å². The van der Waals surface area contributed by atoms with E-state index in [0.29, 0.717) is 6.61 Å². The van der Waals surface area contributed by atoms with Crippen molar-refractivity contribution in [2.45, 2.75) is 10.6 Å². The number of aromatic nitrogens is 1. The first-order chi connectivity index (χ1) is 8.88. The number of methoxy groups -OCH3 is 1. The number of nitrogens with zero attached hydrogens (tertiary/aromatic N) is 1. The van der Waals surface area contributed by atoms with Crippen LogP contribution in [0, 0.1) is 0 Å². The van der Waals surface area contributed by atoms with Crippen molar-refractivity contribution in [3.05, 3.63) is 29.1 Å². The van der Waals surface area contributed by atoms with Crippen molar-refractivity contribution >= 4 is 28.2 Å². The number of anilines is 1. The molecule has 0 unspecified atom stereocenters. The normalized spacial score (nSPS) is 12.9. The minimum absolute atomic E-state index is 0.704. The number of thioether (sulfide) groups is 1. The molecule has 94 valence electrons. The molecule has 1 aliphatic heterocycles. The van der Waals surface area contributed by atoms with Crippen molar-refractivity contribution in [2.24, 2.45) is 0 Å². The molecule has 0 amide bonds. The number of thiazole rings is 1. The van der Waals surface area contributed by atoms with Gasteiger partial charge in [0, 0.05) is 34.7 Å². The maximum atomic E-state index is 5.03. The average molecular weight is 278 g/mol. The maximum Gasteiger partial charge on any atom is 0.183 e. The first kappa shape index (κ1) is 12.0. The summed E-state index contributed by atoms with van der Waals surface area (Å²) in [6.45, 7) is 1.51. The van der Waals surface area contributed by atoms with E-state index < -0.39 is 0 Å². The van der Waals surface area contributed by atoms with Gasteiger partial charge < -0.3 is 10.1 Å². The molecule has 3 rings (SSSR count). The third-order valence-electron chi connectivity index (χ3n) is 2.78. The minimum atomic E-state index is 0.704. The molecule has 0 atom stereocenters. The zero-order valence-electron chi connectivity index (χ0n) is 10.1. The summed E-state index contributed by atoms with van der Waals surface area (Å²) in [4.78, 5) is 7.39. The lowest BCUT2D eigenvalue weighted by molar-refractivity contribution is 0.211. The van der Waals surface area contributed by atoms with Crippen LogP contribution in [-0.2, 0) is 10.5 Å². The van der Waals surface area contributed by atoms with Gasteiger partial charge in [0.15, 0.2) is 5.13 Å². The van der Waals surface area contributed by atoms with Crippen LogP contribution in [0.1, 0.15) is 4.88 Å². The van der Waals surface area contributed by atoms with E-state index in [1.54, 1.807) is 18.4 Å². The van der Waals surface area contributed by atoms with Crippen LogP contribution in [-0.4, -0.2) is 25.2 Å². The smallest absolute Gasteiger partial charge is 0.183 e. The molecule has 1 aromatic carbocycles. The number of hydrogen-bond acceptors (Lipinski definition) is 5. The second-order valence-electron chi connectivity index (χ2n) is 4.00. The van der Waals surface area contributed by atoms with Crippen LogP contribution in [0.5, 0.6) is 0 Å². The summed E-state index contributed by atoms with van der Waals surface area (Å²) in [6.07, 6.45) is 0. The van der Waals surface area contributed by atoms with E-state index in [9.17, 15) is 0 Å². The fourth-order valence-corrected chi connectivity index (χ4v) is 4.05. The van der Waals surface area contributed by atoms with E-state index in [1.807, 2.05) is 11.8 Å². The molecule has 0 spiro atoms. The van der Waals surface area contributed by atoms with Crippen LogP contribution in [0.2, 0.25) is 0 Å². The van der Waals surface area contributed by atoms with E-state index in [1.165, 1.54) is 15.3 Å². The molecule has 1 aromatic heterocycles. The zero-order chi connectivity index (χ0) is 12.4. The van der Waals surface area contributed by atoms with Crippen LogP contribution in [0.3, 0.4) is 0 Å². The van der Waals surface area contributed by atoms with Crippen LogP contribution in [0.4, 0.5) is 5.13 Å². The van der Waals surface area contributed by atoms with Gasteiger partial charge in [-0.25, -0.2) is 4.98 Å². The maximum absolute atomic E-state index is 5.03. The molecule has 3 nitrogen and oxygen atoms in total. The molecule has 1 N–H and O–H groups in total. The number of ether oxygens (including phenoxy) is 1. The third kappa shape index (κ3) is 2.25. The summed E-state index contributed by atoms with van der Waals surface area (Å²) in [5, 5.41) is 4.30. The highest BCUT2D eigenvalue weighted by Gasteiger charge is 2.20. The summed E-state index contributed by atoms with van der Waals surface area (Å²) < 4.78 is 5.03. The third-order valence-corrected chi connectivity index (χ3v) is 5.08. The molecule has 2 heterocycles. The Morgan fingerprint density at radius 2 is 2.28 bits per heavy atom. The van der Waals surface area contributed by atoms with Gasteiger partial charge in [0.1, 0.15) is 0 Å². The molecular formula is C13H14N2OS2. The highest BCUT2D eigenvalue weighted by molar-refractivity contribution is 7.98. The Hall–Kier alpha value is -1.04. The van der Waals surface area contributed by atoms with Gasteiger partial charge in [-0.2, -0.15) is 0 Å².